The fourth-order valence-electron chi connectivity index (χ4n) is 6.02. The van der Waals surface area contributed by atoms with Crippen LogP contribution >= 0.6 is 0 Å². The number of pyridine rings is 1. The van der Waals surface area contributed by atoms with E-state index in [2.05, 4.69) is 17.4 Å². The van der Waals surface area contributed by atoms with Crippen molar-refractivity contribution in [1.82, 2.24) is 15.2 Å². The summed E-state index contributed by atoms with van der Waals surface area (Å²) in [4.78, 5) is 32.5. The number of Topliss-reactive ketones (excluding diaryl/α,β-unsaturated/α-hetero) is 1. The van der Waals surface area contributed by atoms with E-state index in [-0.39, 0.29) is 24.0 Å². The molecule has 0 spiro atoms. The van der Waals surface area contributed by atoms with E-state index in [0.717, 1.165) is 44.8 Å². The molecule has 0 unspecified atom stereocenters. The van der Waals surface area contributed by atoms with Crippen molar-refractivity contribution in [3.63, 3.8) is 0 Å². The molecule has 3 heterocycles. The Balaban J connectivity index is 1.36. The zero-order valence-corrected chi connectivity index (χ0v) is 23.8. The third-order valence-electron chi connectivity index (χ3n) is 8.38. The minimum atomic E-state index is -0.0876. The summed E-state index contributed by atoms with van der Waals surface area (Å²) in [6.07, 6.45) is 1.30. The number of carbonyl (C=O) groups excluding carboxylic acids is 2. The minimum Gasteiger partial charge on any atom is -0.368 e. The van der Waals surface area contributed by atoms with Crippen LogP contribution in [0.1, 0.15) is 75.4 Å². The average molecular weight is 546 g/mol. The fourth-order valence-corrected chi connectivity index (χ4v) is 6.02. The maximum Gasteiger partial charge on any atom is 0.318 e. The highest BCUT2D eigenvalue weighted by Crippen LogP contribution is 2.40. The third-order valence-corrected chi connectivity index (χ3v) is 8.38. The fraction of sp³-hybridized carbons (Fsp3) is 0.286. The molecule has 0 fully saturated rings. The number of aryl methyl sites for hydroxylation is 1. The number of fused-ring (bicyclic) bond motifs is 3. The number of hydrogen-bond donors (Lipinski definition) is 1. The standard InChI is InChI=1S/C35H35N3O3/c1-22-18-27(24(3)39)14-15-28(22)34-29-19-33(26-12-8-5-9-13-26)41-21-31(29)30-20-38(17-16-32(30)37-34)35(40)36-23(2)25-10-6-4-7-11-25/h4-15,18,23,33H,16-17,19-21H2,1-3H3,(H,36,40)/t23-,33-/m1/s1. The molecule has 2 atom stereocenters. The van der Waals surface area contributed by atoms with Crippen LogP contribution in [0, 0.1) is 6.92 Å². The van der Waals surface area contributed by atoms with Crippen LogP contribution in [0.15, 0.2) is 78.9 Å². The van der Waals surface area contributed by atoms with Crippen molar-refractivity contribution < 1.29 is 14.3 Å². The first-order valence-electron chi connectivity index (χ1n) is 14.3. The molecule has 41 heavy (non-hydrogen) atoms. The van der Waals surface area contributed by atoms with Gasteiger partial charge in [-0.15, -0.1) is 0 Å². The van der Waals surface area contributed by atoms with Crippen molar-refractivity contribution in [2.75, 3.05) is 6.54 Å². The maximum absolute atomic E-state index is 13.4. The molecule has 6 nitrogen and oxygen atoms in total. The van der Waals surface area contributed by atoms with Gasteiger partial charge in [0.15, 0.2) is 5.78 Å². The monoisotopic (exact) mass is 545 g/mol. The summed E-state index contributed by atoms with van der Waals surface area (Å²) in [7, 11) is 0. The molecule has 0 bridgehead atoms. The van der Waals surface area contributed by atoms with Crippen LogP contribution in [-0.4, -0.2) is 28.2 Å². The zero-order valence-electron chi connectivity index (χ0n) is 23.8. The van der Waals surface area contributed by atoms with Gasteiger partial charge in [-0.2, -0.15) is 0 Å². The van der Waals surface area contributed by atoms with Crippen LogP contribution in [-0.2, 0) is 30.7 Å². The van der Waals surface area contributed by atoms with Crippen LogP contribution in [0.4, 0.5) is 4.79 Å². The van der Waals surface area contributed by atoms with Crippen molar-refractivity contribution in [3.8, 4) is 11.3 Å². The lowest BCUT2D eigenvalue weighted by Crippen LogP contribution is -2.44. The molecule has 1 N–H and O–H groups in total. The van der Waals surface area contributed by atoms with Gasteiger partial charge in [0, 0.05) is 42.8 Å². The molecule has 0 saturated carbocycles. The number of ketones is 1. The van der Waals surface area contributed by atoms with E-state index in [0.29, 0.717) is 38.1 Å². The normalized spacial score (nSPS) is 16.9. The number of ether oxygens (including phenoxy) is 1. The Labute approximate surface area is 241 Å². The quantitative estimate of drug-likeness (QED) is 0.277. The Morgan fingerprint density at radius 3 is 2.41 bits per heavy atom. The van der Waals surface area contributed by atoms with Gasteiger partial charge in [0.25, 0.3) is 0 Å². The first-order valence-corrected chi connectivity index (χ1v) is 14.3. The molecule has 6 rings (SSSR count). The number of amides is 2. The summed E-state index contributed by atoms with van der Waals surface area (Å²) < 4.78 is 6.45. The minimum absolute atomic E-state index is 0.0533. The first kappa shape index (κ1) is 26.9. The predicted octanol–water partition coefficient (Wildman–Crippen LogP) is 6.90. The summed E-state index contributed by atoms with van der Waals surface area (Å²) in [5, 5.41) is 3.17. The Bertz CT molecular complexity index is 1600. The number of nitrogens with zero attached hydrogens (tertiary/aromatic N) is 2. The van der Waals surface area contributed by atoms with Gasteiger partial charge in [0.1, 0.15) is 0 Å². The summed E-state index contributed by atoms with van der Waals surface area (Å²) in [6, 6.07) is 26.0. The van der Waals surface area contributed by atoms with Crippen molar-refractivity contribution >= 4 is 11.8 Å². The third kappa shape index (κ3) is 5.40. The Morgan fingerprint density at radius 1 is 0.976 bits per heavy atom. The number of benzene rings is 3. The number of nitrogens with one attached hydrogen (secondary N) is 1. The Morgan fingerprint density at radius 2 is 1.71 bits per heavy atom. The van der Waals surface area contributed by atoms with Gasteiger partial charge in [-0.05, 0) is 60.2 Å². The lowest BCUT2D eigenvalue weighted by molar-refractivity contribution is 0.0263. The summed E-state index contributed by atoms with van der Waals surface area (Å²) >= 11 is 0. The van der Waals surface area contributed by atoms with Crippen LogP contribution < -0.4 is 5.32 Å². The van der Waals surface area contributed by atoms with E-state index >= 15 is 0 Å². The van der Waals surface area contributed by atoms with Gasteiger partial charge in [0.05, 0.1) is 24.4 Å². The van der Waals surface area contributed by atoms with Gasteiger partial charge < -0.3 is 15.0 Å². The van der Waals surface area contributed by atoms with Crippen LogP contribution in [0.3, 0.4) is 0 Å². The SMILES string of the molecule is CC(=O)c1ccc(-c2nc3c(c4c2C[C@H](c2ccccc2)OC4)CN(C(=O)N[C@H](C)c2ccccc2)CC3)c(C)c1. The van der Waals surface area contributed by atoms with Crippen molar-refractivity contribution in [2.24, 2.45) is 0 Å². The number of aromatic nitrogens is 1. The highest BCUT2D eigenvalue weighted by atomic mass is 16.5. The molecule has 2 aliphatic heterocycles. The first-order chi connectivity index (χ1) is 19.9. The molecule has 0 aliphatic carbocycles. The molecular weight excluding hydrogens is 510 g/mol. The Hall–Kier alpha value is -4.29. The van der Waals surface area contributed by atoms with Gasteiger partial charge >= 0.3 is 6.03 Å². The topological polar surface area (TPSA) is 71.5 Å². The molecule has 4 aromatic rings. The molecular formula is C35H35N3O3. The van der Waals surface area contributed by atoms with Crippen molar-refractivity contribution in [3.05, 3.63) is 124 Å². The number of rotatable bonds is 5. The number of urea groups is 1. The molecule has 2 aliphatic rings. The number of carbonyl (C=O) groups is 2. The maximum atomic E-state index is 13.4. The summed E-state index contributed by atoms with van der Waals surface area (Å²) in [6.45, 7) is 7.22. The molecule has 3 aromatic carbocycles. The van der Waals surface area contributed by atoms with Gasteiger partial charge in [-0.25, -0.2) is 4.79 Å². The molecule has 0 radical (unpaired) electrons. The van der Waals surface area contributed by atoms with E-state index in [1.54, 1.807) is 6.92 Å². The zero-order chi connectivity index (χ0) is 28.5. The summed E-state index contributed by atoms with van der Waals surface area (Å²) in [5.41, 5.74) is 10.4. The van der Waals surface area contributed by atoms with Gasteiger partial charge in [-0.3, -0.25) is 9.78 Å². The predicted molar refractivity (Wildman–Crippen MR) is 160 cm³/mol. The number of hydrogen-bond acceptors (Lipinski definition) is 4. The van der Waals surface area contributed by atoms with Crippen LogP contribution in [0.5, 0.6) is 0 Å². The van der Waals surface area contributed by atoms with E-state index in [1.165, 1.54) is 5.56 Å². The van der Waals surface area contributed by atoms with E-state index in [1.807, 2.05) is 85.5 Å². The Kier molecular flexibility index (Phi) is 7.41. The van der Waals surface area contributed by atoms with Crippen LogP contribution in [0.2, 0.25) is 0 Å². The second-order valence-electron chi connectivity index (χ2n) is 11.1. The molecule has 6 heteroatoms. The smallest absolute Gasteiger partial charge is 0.318 e. The van der Waals surface area contributed by atoms with Crippen LogP contribution in [0.25, 0.3) is 11.3 Å². The summed E-state index contributed by atoms with van der Waals surface area (Å²) in [5.74, 6) is 0.0533. The lowest BCUT2D eigenvalue weighted by Gasteiger charge is -2.35. The van der Waals surface area contributed by atoms with Gasteiger partial charge in [0.2, 0.25) is 0 Å². The molecule has 1 aromatic heterocycles. The average Bonchev–Trinajstić information content (AvgIpc) is 3.01. The van der Waals surface area contributed by atoms with Crippen molar-refractivity contribution in [1.29, 1.82) is 0 Å². The van der Waals surface area contributed by atoms with Gasteiger partial charge in [-0.1, -0.05) is 72.8 Å². The molecule has 2 amide bonds. The van der Waals surface area contributed by atoms with E-state index < -0.39 is 0 Å². The van der Waals surface area contributed by atoms with Crippen molar-refractivity contribution in [2.45, 2.75) is 58.9 Å². The molecule has 208 valence electrons. The second-order valence-corrected chi connectivity index (χ2v) is 11.1. The van der Waals surface area contributed by atoms with E-state index in [9.17, 15) is 9.59 Å². The lowest BCUT2D eigenvalue weighted by atomic mass is 9.85. The largest absolute Gasteiger partial charge is 0.368 e. The highest BCUT2D eigenvalue weighted by molar-refractivity contribution is 5.95. The van der Waals surface area contributed by atoms with E-state index in [4.69, 9.17) is 9.72 Å². The molecule has 0 saturated heterocycles. The highest BCUT2D eigenvalue weighted by Gasteiger charge is 2.32. The second kappa shape index (κ2) is 11.3.